The summed E-state index contributed by atoms with van der Waals surface area (Å²) in [6.07, 6.45) is 4.19. The van der Waals surface area contributed by atoms with Crippen molar-refractivity contribution in [2.75, 3.05) is 0 Å². The van der Waals surface area contributed by atoms with Gasteiger partial charge in [0.05, 0.1) is 5.69 Å². The van der Waals surface area contributed by atoms with Crippen molar-refractivity contribution >= 4 is 11.9 Å². The van der Waals surface area contributed by atoms with Crippen molar-refractivity contribution in [1.29, 1.82) is 0 Å². The quantitative estimate of drug-likeness (QED) is 0.659. The lowest BCUT2D eigenvalue weighted by molar-refractivity contribution is -0.112. The van der Waals surface area contributed by atoms with Crippen molar-refractivity contribution in [3.05, 3.63) is 35.7 Å². The van der Waals surface area contributed by atoms with Gasteiger partial charge in [0, 0.05) is 5.69 Å². The van der Waals surface area contributed by atoms with Gasteiger partial charge in [0.25, 0.3) is 0 Å². The van der Waals surface area contributed by atoms with E-state index in [1.54, 1.807) is 6.08 Å². The zero-order valence-electron chi connectivity index (χ0n) is 7.95. The number of rotatable bonds is 3. The first-order chi connectivity index (χ1) is 6.22. The van der Waals surface area contributed by atoms with E-state index in [-0.39, 0.29) is 5.78 Å². The highest BCUT2D eigenvalue weighted by Gasteiger charge is 1.92. The lowest BCUT2D eigenvalue weighted by Gasteiger charge is -1.96. The fourth-order valence-corrected chi connectivity index (χ4v) is 0.991. The molecule has 0 amide bonds. The monoisotopic (exact) mass is 175 g/mol. The molecule has 2 heteroatoms. The van der Waals surface area contributed by atoms with E-state index in [1.807, 2.05) is 18.2 Å². The van der Waals surface area contributed by atoms with Gasteiger partial charge < -0.3 is 0 Å². The van der Waals surface area contributed by atoms with Gasteiger partial charge >= 0.3 is 0 Å². The van der Waals surface area contributed by atoms with Crippen LogP contribution >= 0.6 is 0 Å². The standard InChI is InChI=1S/C11H13NO/c1-3-10-5-4-6-11(12-10)8-7-9(2)13/h4-8H,3H2,1-2H3/b8-7+. The molecule has 0 radical (unpaired) electrons. The number of hydrogen-bond donors (Lipinski definition) is 0. The molecule has 0 aromatic carbocycles. The smallest absolute Gasteiger partial charge is 0.152 e. The van der Waals surface area contributed by atoms with Crippen molar-refractivity contribution in [1.82, 2.24) is 4.98 Å². The number of ketones is 1. The molecule has 1 aromatic heterocycles. The minimum absolute atomic E-state index is 0.0451. The van der Waals surface area contributed by atoms with Gasteiger partial charge in [-0.1, -0.05) is 13.0 Å². The summed E-state index contributed by atoms with van der Waals surface area (Å²) in [6, 6.07) is 5.81. The lowest BCUT2D eigenvalue weighted by Crippen LogP contribution is -1.89. The number of hydrogen-bond acceptors (Lipinski definition) is 2. The first-order valence-corrected chi connectivity index (χ1v) is 4.37. The number of pyridine rings is 1. The lowest BCUT2D eigenvalue weighted by atomic mass is 10.2. The molecule has 0 aliphatic heterocycles. The molecule has 1 rings (SSSR count). The second-order valence-electron chi connectivity index (χ2n) is 2.85. The molecule has 0 fully saturated rings. The van der Waals surface area contributed by atoms with E-state index in [0.29, 0.717) is 0 Å². The molecule has 0 saturated heterocycles. The molecule has 0 atom stereocenters. The maximum atomic E-state index is 10.7. The van der Waals surface area contributed by atoms with Crippen LogP contribution in [0.3, 0.4) is 0 Å². The Morgan fingerprint density at radius 3 is 2.92 bits per heavy atom. The van der Waals surface area contributed by atoms with Gasteiger partial charge in [0.2, 0.25) is 0 Å². The van der Waals surface area contributed by atoms with Crippen LogP contribution in [0.15, 0.2) is 24.3 Å². The van der Waals surface area contributed by atoms with Crippen molar-refractivity contribution in [2.24, 2.45) is 0 Å². The van der Waals surface area contributed by atoms with Crippen LogP contribution in [0.25, 0.3) is 6.08 Å². The van der Waals surface area contributed by atoms with Crippen LogP contribution in [-0.4, -0.2) is 10.8 Å². The SMILES string of the molecule is CCc1cccc(/C=C/C(C)=O)n1. The highest BCUT2D eigenvalue weighted by Crippen LogP contribution is 2.01. The molecule has 2 nitrogen and oxygen atoms in total. The van der Waals surface area contributed by atoms with E-state index in [0.717, 1.165) is 17.8 Å². The highest BCUT2D eigenvalue weighted by atomic mass is 16.1. The Hall–Kier alpha value is -1.44. The normalized spacial score (nSPS) is 10.6. The first kappa shape index (κ1) is 9.65. The van der Waals surface area contributed by atoms with Gasteiger partial charge in [-0.3, -0.25) is 9.78 Å². The van der Waals surface area contributed by atoms with Crippen LogP contribution in [0.2, 0.25) is 0 Å². The Morgan fingerprint density at radius 2 is 2.31 bits per heavy atom. The predicted molar refractivity (Wildman–Crippen MR) is 53.3 cm³/mol. The van der Waals surface area contributed by atoms with E-state index in [2.05, 4.69) is 11.9 Å². The maximum absolute atomic E-state index is 10.7. The van der Waals surface area contributed by atoms with E-state index >= 15 is 0 Å². The molecule has 0 aliphatic carbocycles. The Morgan fingerprint density at radius 1 is 1.54 bits per heavy atom. The van der Waals surface area contributed by atoms with Gasteiger partial charge in [-0.15, -0.1) is 0 Å². The van der Waals surface area contributed by atoms with Gasteiger partial charge in [0.1, 0.15) is 0 Å². The maximum Gasteiger partial charge on any atom is 0.152 e. The van der Waals surface area contributed by atoms with E-state index in [1.165, 1.54) is 13.0 Å². The molecule has 0 unspecified atom stereocenters. The van der Waals surface area contributed by atoms with Crippen LogP contribution in [-0.2, 0) is 11.2 Å². The van der Waals surface area contributed by atoms with Gasteiger partial charge in [-0.25, -0.2) is 0 Å². The molecule has 0 N–H and O–H groups in total. The third kappa shape index (κ3) is 3.20. The summed E-state index contributed by atoms with van der Waals surface area (Å²) in [4.78, 5) is 15.0. The summed E-state index contributed by atoms with van der Waals surface area (Å²) in [7, 11) is 0. The fourth-order valence-electron chi connectivity index (χ4n) is 0.991. The average molecular weight is 175 g/mol. The minimum atomic E-state index is 0.0451. The third-order valence-electron chi connectivity index (χ3n) is 1.68. The minimum Gasteiger partial charge on any atom is -0.295 e. The summed E-state index contributed by atoms with van der Waals surface area (Å²) in [5, 5.41) is 0. The third-order valence-corrected chi connectivity index (χ3v) is 1.68. The number of carbonyl (C=O) groups is 1. The van der Waals surface area contributed by atoms with Crippen LogP contribution in [0, 0.1) is 0 Å². The van der Waals surface area contributed by atoms with Crippen LogP contribution in [0.4, 0.5) is 0 Å². The fraction of sp³-hybridized carbons (Fsp3) is 0.273. The second-order valence-corrected chi connectivity index (χ2v) is 2.85. The predicted octanol–water partition coefficient (Wildman–Crippen LogP) is 2.25. The zero-order valence-corrected chi connectivity index (χ0v) is 7.95. The molecule has 0 aliphatic rings. The average Bonchev–Trinajstić information content (AvgIpc) is 2.15. The van der Waals surface area contributed by atoms with Crippen molar-refractivity contribution in [2.45, 2.75) is 20.3 Å². The molecule has 0 bridgehead atoms. The summed E-state index contributed by atoms with van der Waals surface area (Å²) in [5.41, 5.74) is 1.89. The van der Waals surface area contributed by atoms with Gasteiger partial charge in [-0.2, -0.15) is 0 Å². The molecular formula is C11H13NO. The number of aromatic nitrogens is 1. The number of nitrogens with zero attached hydrogens (tertiary/aromatic N) is 1. The van der Waals surface area contributed by atoms with Crippen molar-refractivity contribution < 1.29 is 4.79 Å². The van der Waals surface area contributed by atoms with Gasteiger partial charge in [0.15, 0.2) is 5.78 Å². The highest BCUT2D eigenvalue weighted by molar-refractivity contribution is 5.91. The van der Waals surface area contributed by atoms with Crippen LogP contribution < -0.4 is 0 Å². The molecule has 13 heavy (non-hydrogen) atoms. The summed E-state index contributed by atoms with van der Waals surface area (Å²) in [6.45, 7) is 3.58. The van der Waals surface area contributed by atoms with Crippen molar-refractivity contribution in [3.8, 4) is 0 Å². The van der Waals surface area contributed by atoms with E-state index in [9.17, 15) is 4.79 Å². The first-order valence-electron chi connectivity index (χ1n) is 4.37. The van der Waals surface area contributed by atoms with E-state index in [4.69, 9.17) is 0 Å². The second kappa shape index (κ2) is 4.55. The Bertz CT molecular complexity index is 329. The largest absolute Gasteiger partial charge is 0.295 e. The molecule has 0 spiro atoms. The molecule has 0 saturated carbocycles. The molecular weight excluding hydrogens is 162 g/mol. The Balaban J connectivity index is 2.83. The van der Waals surface area contributed by atoms with Crippen LogP contribution in [0.5, 0.6) is 0 Å². The summed E-state index contributed by atoms with van der Waals surface area (Å²) >= 11 is 0. The van der Waals surface area contributed by atoms with E-state index < -0.39 is 0 Å². The summed E-state index contributed by atoms with van der Waals surface area (Å²) < 4.78 is 0. The number of aryl methyl sites for hydroxylation is 1. The Kier molecular flexibility index (Phi) is 3.38. The number of carbonyl (C=O) groups excluding carboxylic acids is 1. The topological polar surface area (TPSA) is 30.0 Å². The number of allylic oxidation sites excluding steroid dienone is 1. The van der Waals surface area contributed by atoms with Gasteiger partial charge in [-0.05, 0) is 37.6 Å². The molecule has 1 aromatic rings. The van der Waals surface area contributed by atoms with Crippen molar-refractivity contribution in [3.63, 3.8) is 0 Å². The molecule has 1 heterocycles. The molecule has 68 valence electrons. The van der Waals surface area contributed by atoms with Crippen LogP contribution in [0.1, 0.15) is 25.2 Å². The Labute approximate surface area is 78.3 Å². The zero-order chi connectivity index (χ0) is 9.68. The summed E-state index contributed by atoms with van der Waals surface area (Å²) in [5.74, 6) is 0.0451.